The average Bonchev–Trinajstić information content (AvgIpc) is 2.94. The zero-order chi connectivity index (χ0) is 17.6. The van der Waals surface area contributed by atoms with Crippen LogP contribution in [0.1, 0.15) is 35.5 Å². The van der Waals surface area contributed by atoms with Crippen molar-refractivity contribution < 1.29 is 9.53 Å². The number of ketones is 1. The van der Waals surface area contributed by atoms with Gasteiger partial charge in [-0.3, -0.25) is 9.78 Å². The number of Topliss-reactive ketones (excluding diaryl/α,β-unsaturated/α-hetero) is 1. The van der Waals surface area contributed by atoms with Crippen LogP contribution in [0, 0.1) is 5.41 Å². The van der Waals surface area contributed by atoms with E-state index in [4.69, 9.17) is 4.74 Å². The highest BCUT2D eigenvalue weighted by molar-refractivity contribution is 9.10. The van der Waals surface area contributed by atoms with Crippen molar-refractivity contribution in [2.75, 3.05) is 31.2 Å². The molecule has 2 aromatic heterocycles. The molecule has 0 spiro atoms. The van der Waals surface area contributed by atoms with Crippen LogP contribution in [-0.2, 0) is 11.2 Å². The molecule has 2 aliphatic rings. The molecule has 0 atom stereocenters. The third kappa shape index (κ3) is 3.27. The zero-order valence-corrected chi connectivity index (χ0v) is 16.9. The van der Waals surface area contributed by atoms with Gasteiger partial charge >= 0.3 is 0 Å². The van der Waals surface area contributed by atoms with Gasteiger partial charge in [0.1, 0.15) is 5.00 Å². The van der Waals surface area contributed by atoms with E-state index in [0.717, 1.165) is 47.6 Å². The number of thiophene rings is 1. The predicted octanol–water partition coefficient (Wildman–Crippen LogP) is 4.56. The molecule has 0 saturated carbocycles. The largest absolute Gasteiger partial charge is 0.378 e. The van der Waals surface area contributed by atoms with Crippen molar-refractivity contribution >= 4 is 38.1 Å². The third-order valence-corrected chi connectivity index (χ3v) is 6.60. The van der Waals surface area contributed by atoms with Gasteiger partial charge in [0.25, 0.3) is 0 Å². The highest BCUT2D eigenvalue weighted by Crippen LogP contribution is 2.49. The molecule has 0 amide bonds. The molecular weight excluding hydrogens is 400 g/mol. The number of rotatable bonds is 2. The fraction of sp³-hybridized carbons (Fsp3) is 0.474. The maximum atomic E-state index is 12.8. The standard InChI is InChI=1S/C19H21BrN2O2S/c1-19(2)8-14-16(12-7-13(20)11-21-10-12)18(22-3-5-24-6-4-22)25-17(14)15(23)9-19/h7,10-11H,3-6,8-9H2,1-2H3. The van der Waals surface area contributed by atoms with Crippen molar-refractivity contribution in [1.29, 1.82) is 0 Å². The van der Waals surface area contributed by atoms with E-state index in [1.807, 2.05) is 6.20 Å². The highest BCUT2D eigenvalue weighted by Gasteiger charge is 2.37. The lowest BCUT2D eigenvalue weighted by atomic mass is 9.75. The Kier molecular flexibility index (Phi) is 4.46. The maximum Gasteiger partial charge on any atom is 0.173 e. The minimum absolute atomic E-state index is 0.00161. The van der Waals surface area contributed by atoms with Gasteiger partial charge in [0, 0.05) is 47.5 Å². The van der Waals surface area contributed by atoms with Crippen molar-refractivity contribution in [3.05, 3.63) is 33.4 Å². The summed E-state index contributed by atoms with van der Waals surface area (Å²) in [5.41, 5.74) is 3.48. The first-order valence-corrected chi connectivity index (χ1v) is 10.2. The SMILES string of the molecule is CC1(C)CC(=O)c2sc(N3CCOCC3)c(-c3cncc(Br)c3)c2C1. The number of fused-ring (bicyclic) bond motifs is 1. The molecule has 0 radical (unpaired) electrons. The van der Waals surface area contributed by atoms with E-state index in [1.54, 1.807) is 17.5 Å². The Morgan fingerprint density at radius 1 is 1.24 bits per heavy atom. The van der Waals surface area contributed by atoms with Gasteiger partial charge in [0.2, 0.25) is 0 Å². The average molecular weight is 421 g/mol. The number of pyridine rings is 1. The zero-order valence-electron chi connectivity index (χ0n) is 14.5. The highest BCUT2D eigenvalue weighted by atomic mass is 79.9. The summed E-state index contributed by atoms with van der Waals surface area (Å²) in [5, 5.41) is 1.19. The summed E-state index contributed by atoms with van der Waals surface area (Å²) < 4.78 is 6.48. The van der Waals surface area contributed by atoms with Gasteiger partial charge in [-0.2, -0.15) is 0 Å². The Morgan fingerprint density at radius 2 is 2.00 bits per heavy atom. The van der Waals surface area contributed by atoms with Crippen molar-refractivity contribution in [3.63, 3.8) is 0 Å². The summed E-state index contributed by atoms with van der Waals surface area (Å²) in [6.07, 6.45) is 5.25. The van der Waals surface area contributed by atoms with E-state index in [1.165, 1.54) is 16.1 Å². The Morgan fingerprint density at radius 3 is 2.72 bits per heavy atom. The summed E-state index contributed by atoms with van der Waals surface area (Å²) in [7, 11) is 0. The molecule has 0 N–H and O–H groups in total. The molecule has 0 unspecified atom stereocenters. The molecule has 1 aliphatic carbocycles. The number of morpholine rings is 1. The summed E-state index contributed by atoms with van der Waals surface area (Å²) >= 11 is 5.19. The smallest absolute Gasteiger partial charge is 0.173 e. The van der Waals surface area contributed by atoms with Crippen LogP contribution in [0.2, 0.25) is 0 Å². The van der Waals surface area contributed by atoms with Gasteiger partial charge in [-0.05, 0) is 39.4 Å². The Balaban J connectivity index is 1.91. The molecule has 0 bridgehead atoms. The van der Waals surface area contributed by atoms with Crippen molar-refractivity contribution in [2.24, 2.45) is 5.41 Å². The van der Waals surface area contributed by atoms with Gasteiger partial charge in [0.05, 0.1) is 18.1 Å². The Bertz CT molecular complexity index is 825. The number of hydrogen-bond acceptors (Lipinski definition) is 5. The number of anilines is 1. The molecule has 25 heavy (non-hydrogen) atoms. The summed E-state index contributed by atoms with van der Waals surface area (Å²) in [4.78, 5) is 20.5. The summed E-state index contributed by atoms with van der Waals surface area (Å²) in [5.74, 6) is 0.278. The van der Waals surface area contributed by atoms with Gasteiger partial charge < -0.3 is 9.64 Å². The molecule has 6 heteroatoms. The molecular formula is C19H21BrN2O2S. The number of aromatic nitrogens is 1. The fourth-order valence-electron chi connectivity index (χ4n) is 3.74. The molecule has 3 heterocycles. The second-order valence-corrected chi connectivity index (χ2v) is 9.44. The lowest BCUT2D eigenvalue weighted by molar-refractivity contribution is 0.0918. The lowest BCUT2D eigenvalue weighted by Crippen LogP contribution is -2.36. The van der Waals surface area contributed by atoms with E-state index in [0.29, 0.717) is 6.42 Å². The summed E-state index contributed by atoms with van der Waals surface area (Å²) in [6.45, 7) is 7.57. The maximum absolute atomic E-state index is 12.8. The number of hydrogen-bond donors (Lipinski definition) is 0. The molecule has 0 aromatic carbocycles. The minimum atomic E-state index is 0.00161. The van der Waals surface area contributed by atoms with Gasteiger partial charge in [-0.1, -0.05) is 13.8 Å². The van der Waals surface area contributed by atoms with Crippen LogP contribution in [0.3, 0.4) is 0 Å². The Hall–Kier alpha value is -1.24. The molecule has 1 saturated heterocycles. The molecule has 4 rings (SSSR count). The topological polar surface area (TPSA) is 42.4 Å². The first-order valence-electron chi connectivity index (χ1n) is 8.57. The van der Waals surface area contributed by atoms with Crippen LogP contribution >= 0.6 is 27.3 Å². The fourth-order valence-corrected chi connectivity index (χ4v) is 5.43. The molecule has 2 aromatic rings. The van der Waals surface area contributed by atoms with Crippen molar-refractivity contribution in [3.8, 4) is 11.1 Å². The van der Waals surface area contributed by atoms with Crippen LogP contribution in [0.25, 0.3) is 11.1 Å². The van der Waals surface area contributed by atoms with Gasteiger partial charge in [0.15, 0.2) is 5.78 Å². The van der Waals surface area contributed by atoms with Crippen LogP contribution in [0.4, 0.5) is 5.00 Å². The lowest BCUT2D eigenvalue weighted by Gasteiger charge is -2.30. The first-order chi connectivity index (χ1) is 11.9. The second kappa shape index (κ2) is 6.49. The van der Waals surface area contributed by atoms with E-state index >= 15 is 0 Å². The molecule has 4 nitrogen and oxygen atoms in total. The van der Waals surface area contributed by atoms with Crippen molar-refractivity contribution in [2.45, 2.75) is 26.7 Å². The third-order valence-electron chi connectivity index (χ3n) is 4.83. The summed E-state index contributed by atoms with van der Waals surface area (Å²) in [6, 6.07) is 2.10. The van der Waals surface area contributed by atoms with Crippen LogP contribution in [0.15, 0.2) is 22.9 Å². The van der Waals surface area contributed by atoms with E-state index in [2.05, 4.69) is 45.7 Å². The Labute approximate surface area is 160 Å². The normalized spacial score (nSPS) is 19.8. The first kappa shape index (κ1) is 17.2. The van der Waals surface area contributed by atoms with Crippen LogP contribution in [-0.4, -0.2) is 37.1 Å². The number of ether oxygens (including phenoxy) is 1. The van der Waals surface area contributed by atoms with Crippen LogP contribution in [0.5, 0.6) is 0 Å². The van der Waals surface area contributed by atoms with E-state index in [-0.39, 0.29) is 11.2 Å². The molecule has 1 fully saturated rings. The number of halogens is 1. The van der Waals surface area contributed by atoms with Crippen LogP contribution < -0.4 is 4.90 Å². The van der Waals surface area contributed by atoms with E-state index < -0.39 is 0 Å². The number of nitrogens with zero attached hydrogens (tertiary/aromatic N) is 2. The van der Waals surface area contributed by atoms with Crippen molar-refractivity contribution in [1.82, 2.24) is 4.98 Å². The van der Waals surface area contributed by atoms with Gasteiger partial charge in [-0.25, -0.2) is 0 Å². The second-order valence-electron chi connectivity index (χ2n) is 7.52. The van der Waals surface area contributed by atoms with E-state index in [9.17, 15) is 4.79 Å². The molecule has 132 valence electrons. The number of carbonyl (C=O) groups excluding carboxylic acids is 1. The monoisotopic (exact) mass is 420 g/mol. The quantitative estimate of drug-likeness (QED) is 0.713. The number of carbonyl (C=O) groups is 1. The minimum Gasteiger partial charge on any atom is -0.378 e. The predicted molar refractivity (Wildman–Crippen MR) is 105 cm³/mol. The van der Waals surface area contributed by atoms with Gasteiger partial charge in [-0.15, -0.1) is 11.3 Å². The molecule has 1 aliphatic heterocycles.